The van der Waals surface area contributed by atoms with Crippen molar-refractivity contribution in [3.8, 4) is 0 Å². The Balaban J connectivity index is 2.65. The van der Waals surface area contributed by atoms with E-state index in [0.29, 0.717) is 0 Å². The van der Waals surface area contributed by atoms with Crippen LogP contribution in [-0.4, -0.2) is 13.1 Å². The fraction of sp³-hybridized carbons (Fsp3) is 0.375. The van der Waals surface area contributed by atoms with Gasteiger partial charge in [0.1, 0.15) is 0 Å². The summed E-state index contributed by atoms with van der Waals surface area (Å²) in [5, 5.41) is 2.79. The van der Waals surface area contributed by atoms with E-state index in [1.165, 1.54) is 22.0 Å². The molecule has 0 bridgehead atoms. The highest BCUT2D eigenvalue weighted by Crippen LogP contribution is 2.29. The van der Waals surface area contributed by atoms with E-state index in [1.54, 1.807) is 0 Å². The second-order valence-corrected chi connectivity index (χ2v) is 4.32. The molecule has 0 unspecified atom stereocenters. The summed E-state index contributed by atoms with van der Waals surface area (Å²) < 4.78 is 0. The van der Waals surface area contributed by atoms with Gasteiger partial charge in [-0.05, 0) is 37.3 Å². The summed E-state index contributed by atoms with van der Waals surface area (Å²) in [6.45, 7) is 8.77. The molecular weight excluding hydrogens is 206 g/mol. The molecule has 0 radical (unpaired) electrons. The van der Waals surface area contributed by atoms with Crippen LogP contribution >= 0.6 is 0 Å². The molecule has 2 aromatic rings. The first kappa shape index (κ1) is 12.0. The minimum absolute atomic E-state index is 1.06. The molecule has 1 nitrogen and oxygen atoms in total. The van der Waals surface area contributed by atoms with Crippen LogP contribution in [0.3, 0.4) is 0 Å². The fourth-order valence-electron chi connectivity index (χ4n) is 2.51. The van der Waals surface area contributed by atoms with Crippen LogP contribution in [0.2, 0.25) is 0 Å². The van der Waals surface area contributed by atoms with E-state index in [-0.39, 0.29) is 0 Å². The van der Waals surface area contributed by atoms with Crippen molar-refractivity contribution in [2.24, 2.45) is 0 Å². The number of hydrogen-bond acceptors (Lipinski definition) is 1. The van der Waals surface area contributed by atoms with Crippen molar-refractivity contribution in [1.29, 1.82) is 0 Å². The molecule has 0 atom stereocenters. The molecule has 0 fully saturated rings. The molecule has 0 aliphatic rings. The zero-order valence-electron chi connectivity index (χ0n) is 11.0. The van der Waals surface area contributed by atoms with Gasteiger partial charge in [-0.1, -0.05) is 37.3 Å². The second-order valence-electron chi connectivity index (χ2n) is 4.32. The number of aryl methyl sites for hydroxylation is 1. The van der Waals surface area contributed by atoms with Gasteiger partial charge in [0.15, 0.2) is 0 Å². The number of benzene rings is 2. The van der Waals surface area contributed by atoms with Gasteiger partial charge in [0, 0.05) is 24.2 Å². The highest BCUT2D eigenvalue weighted by atomic mass is 15.1. The lowest BCUT2D eigenvalue weighted by molar-refractivity contribution is 0.870. The lowest BCUT2D eigenvalue weighted by atomic mass is 10.0. The fourth-order valence-corrected chi connectivity index (χ4v) is 2.51. The molecule has 2 aromatic carbocycles. The smallest absolute Gasteiger partial charge is 0.0445 e. The Morgan fingerprint density at radius 1 is 0.824 bits per heavy atom. The van der Waals surface area contributed by atoms with E-state index in [4.69, 9.17) is 0 Å². The highest BCUT2D eigenvalue weighted by Gasteiger charge is 2.07. The van der Waals surface area contributed by atoms with Crippen molar-refractivity contribution >= 4 is 16.5 Å². The number of anilines is 1. The summed E-state index contributed by atoms with van der Waals surface area (Å²) in [7, 11) is 0. The second kappa shape index (κ2) is 5.22. The van der Waals surface area contributed by atoms with Crippen LogP contribution in [0.4, 0.5) is 5.69 Å². The van der Waals surface area contributed by atoms with Crippen molar-refractivity contribution in [1.82, 2.24) is 0 Å². The van der Waals surface area contributed by atoms with E-state index in [1.807, 2.05) is 0 Å². The van der Waals surface area contributed by atoms with Crippen LogP contribution in [-0.2, 0) is 6.42 Å². The summed E-state index contributed by atoms with van der Waals surface area (Å²) in [5.74, 6) is 0. The predicted molar refractivity (Wildman–Crippen MR) is 76.9 cm³/mol. The standard InChI is InChI=1S/C16H21N/c1-4-13-9-7-11-15-14(13)10-8-12-16(15)17(5-2)6-3/h7-12H,4-6H2,1-3H3. The molecule has 17 heavy (non-hydrogen) atoms. The van der Waals surface area contributed by atoms with Crippen LogP contribution in [0.25, 0.3) is 10.8 Å². The molecule has 0 heterocycles. The summed E-state index contributed by atoms with van der Waals surface area (Å²) in [4.78, 5) is 2.42. The molecule has 0 saturated carbocycles. The average Bonchev–Trinajstić information content (AvgIpc) is 2.39. The quantitative estimate of drug-likeness (QED) is 0.754. The number of fused-ring (bicyclic) bond motifs is 1. The Morgan fingerprint density at radius 2 is 1.47 bits per heavy atom. The van der Waals surface area contributed by atoms with E-state index in [0.717, 1.165) is 19.5 Å². The van der Waals surface area contributed by atoms with Gasteiger partial charge in [-0.3, -0.25) is 0 Å². The maximum absolute atomic E-state index is 2.42. The highest BCUT2D eigenvalue weighted by molar-refractivity contribution is 5.96. The summed E-state index contributed by atoms with van der Waals surface area (Å²) in [6.07, 6.45) is 1.10. The van der Waals surface area contributed by atoms with Gasteiger partial charge in [-0.15, -0.1) is 0 Å². The number of hydrogen-bond donors (Lipinski definition) is 0. The summed E-state index contributed by atoms with van der Waals surface area (Å²) in [6, 6.07) is 13.3. The molecule has 0 aliphatic carbocycles. The SMILES string of the molecule is CCc1cccc2c(N(CC)CC)cccc12. The average molecular weight is 227 g/mol. The largest absolute Gasteiger partial charge is 0.372 e. The molecule has 0 spiro atoms. The first-order valence-corrected chi connectivity index (χ1v) is 6.57. The van der Waals surface area contributed by atoms with Crippen molar-refractivity contribution in [2.45, 2.75) is 27.2 Å². The van der Waals surface area contributed by atoms with Crippen LogP contribution in [0.5, 0.6) is 0 Å². The van der Waals surface area contributed by atoms with E-state index >= 15 is 0 Å². The molecule has 1 heteroatoms. The molecule has 90 valence electrons. The number of nitrogens with zero attached hydrogens (tertiary/aromatic N) is 1. The van der Waals surface area contributed by atoms with Crippen LogP contribution in [0.15, 0.2) is 36.4 Å². The topological polar surface area (TPSA) is 3.24 Å². The maximum Gasteiger partial charge on any atom is 0.0445 e. The Kier molecular flexibility index (Phi) is 3.68. The van der Waals surface area contributed by atoms with E-state index in [9.17, 15) is 0 Å². The Morgan fingerprint density at radius 3 is 2.12 bits per heavy atom. The molecule has 0 aromatic heterocycles. The first-order chi connectivity index (χ1) is 8.31. The molecular formula is C16H21N. The zero-order chi connectivity index (χ0) is 12.3. The van der Waals surface area contributed by atoms with Gasteiger partial charge in [0.05, 0.1) is 0 Å². The Hall–Kier alpha value is -1.50. The van der Waals surface area contributed by atoms with Crippen molar-refractivity contribution in [2.75, 3.05) is 18.0 Å². The van der Waals surface area contributed by atoms with E-state index in [2.05, 4.69) is 62.1 Å². The Bertz CT molecular complexity index is 498. The van der Waals surface area contributed by atoms with Crippen molar-refractivity contribution in [3.63, 3.8) is 0 Å². The van der Waals surface area contributed by atoms with Crippen LogP contribution in [0, 0.1) is 0 Å². The van der Waals surface area contributed by atoms with Gasteiger partial charge in [-0.2, -0.15) is 0 Å². The monoisotopic (exact) mass is 227 g/mol. The van der Waals surface area contributed by atoms with Gasteiger partial charge in [-0.25, -0.2) is 0 Å². The van der Waals surface area contributed by atoms with Crippen molar-refractivity contribution < 1.29 is 0 Å². The van der Waals surface area contributed by atoms with Crippen LogP contribution < -0.4 is 4.90 Å². The first-order valence-electron chi connectivity index (χ1n) is 6.57. The molecule has 0 aliphatic heterocycles. The minimum Gasteiger partial charge on any atom is -0.372 e. The third-order valence-corrected chi connectivity index (χ3v) is 3.47. The zero-order valence-corrected chi connectivity index (χ0v) is 11.0. The lowest BCUT2D eigenvalue weighted by Crippen LogP contribution is -2.21. The van der Waals surface area contributed by atoms with Crippen LogP contribution in [0.1, 0.15) is 26.3 Å². The van der Waals surface area contributed by atoms with Crippen molar-refractivity contribution in [3.05, 3.63) is 42.0 Å². The third kappa shape index (κ3) is 2.14. The van der Waals surface area contributed by atoms with Gasteiger partial charge in [0.25, 0.3) is 0 Å². The molecule has 2 rings (SSSR count). The lowest BCUT2D eigenvalue weighted by Gasteiger charge is -2.23. The predicted octanol–water partition coefficient (Wildman–Crippen LogP) is 4.25. The molecule has 0 N–H and O–H groups in total. The van der Waals surface area contributed by atoms with Gasteiger partial charge >= 0.3 is 0 Å². The van der Waals surface area contributed by atoms with E-state index < -0.39 is 0 Å². The summed E-state index contributed by atoms with van der Waals surface area (Å²) in [5.41, 5.74) is 2.80. The third-order valence-electron chi connectivity index (χ3n) is 3.47. The minimum atomic E-state index is 1.06. The van der Waals surface area contributed by atoms with Gasteiger partial charge < -0.3 is 4.90 Å². The maximum atomic E-state index is 2.42. The normalized spacial score (nSPS) is 10.8. The number of rotatable bonds is 4. The Labute approximate surface area is 104 Å². The summed E-state index contributed by atoms with van der Waals surface area (Å²) >= 11 is 0. The molecule has 0 saturated heterocycles. The van der Waals surface area contributed by atoms with Gasteiger partial charge in [0.2, 0.25) is 0 Å². The molecule has 0 amide bonds.